The van der Waals surface area contributed by atoms with Crippen molar-refractivity contribution in [3.63, 3.8) is 0 Å². The standard InChI is InChI=1S/C26H28O5/c1-16-11-17(2)26(14-29-25(27)19-7-5-4-6-8-19)13-28-24(23(16)18(26)3)20-9-10-21-22(12-20)31-15-30-21/h4-12,17-18,23-24H,13-15H2,1-3H3/t17-,18-,23-,24-,26+/m1/s1. The van der Waals surface area contributed by atoms with Gasteiger partial charge in [-0.3, -0.25) is 0 Å². The van der Waals surface area contributed by atoms with Crippen LogP contribution in [0.25, 0.3) is 0 Å². The third-order valence-electron chi connectivity index (χ3n) is 7.46. The zero-order chi connectivity index (χ0) is 21.6. The molecule has 1 saturated heterocycles. The van der Waals surface area contributed by atoms with Crippen LogP contribution in [0.15, 0.2) is 60.2 Å². The molecule has 5 nitrogen and oxygen atoms in total. The lowest BCUT2D eigenvalue weighted by molar-refractivity contribution is -0.166. The number of carbonyl (C=O) groups is 1. The van der Waals surface area contributed by atoms with Crippen LogP contribution in [0.5, 0.6) is 11.5 Å². The predicted octanol–water partition coefficient (Wildman–Crippen LogP) is 5.18. The number of hydrogen-bond acceptors (Lipinski definition) is 5. The Kier molecular flexibility index (Phi) is 5.01. The van der Waals surface area contributed by atoms with Gasteiger partial charge in [-0.15, -0.1) is 0 Å². The maximum absolute atomic E-state index is 12.6. The lowest BCUT2D eigenvalue weighted by atomic mass is 9.56. The van der Waals surface area contributed by atoms with E-state index in [2.05, 4.69) is 32.9 Å². The average Bonchev–Trinajstić information content (AvgIpc) is 3.25. The van der Waals surface area contributed by atoms with E-state index in [0.29, 0.717) is 24.7 Å². The highest BCUT2D eigenvalue weighted by molar-refractivity contribution is 5.89. The lowest BCUT2D eigenvalue weighted by Gasteiger charge is -2.55. The third kappa shape index (κ3) is 3.32. The van der Waals surface area contributed by atoms with Crippen LogP contribution in [0.2, 0.25) is 0 Å². The van der Waals surface area contributed by atoms with Gasteiger partial charge in [0.1, 0.15) is 6.61 Å². The van der Waals surface area contributed by atoms with E-state index in [1.165, 1.54) is 5.57 Å². The highest BCUT2D eigenvalue weighted by Crippen LogP contribution is 2.56. The second-order valence-electron chi connectivity index (χ2n) is 9.03. The van der Waals surface area contributed by atoms with Gasteiger partial charge in [0.25, 0.3) is 0 Å². The fourth-order valence-electron chi connectivity index (χ4n) is 5.51. The van der Waals surface area contributed by atoms with Crippen LogP contribution in [-0.2, 0) is 9.47 Å². The normalized spacial score (nSPS) is 31.1. The van der Waals surface area contributed by atoms with Gasteiger partial charge in [-0.2, -0.15) is 0 Å². The van der Waals surface area contributed by atoms with Crippen molar-refractivity contribution in [3.8, 4) is 11.5 Å². The van der Waals surface area contributed by atoms with Crippen LogP contribution < -0.4 is 9.47 Å². The molecule has 0 radical (unpaired) electrons. The van der Waals surface area contributed by atoms with Gasteiger partial charge in [0.2, 0.25) is 6.79 Å². The highest BCUT2D eigenvalue weighted by Gasteiger charge is 2.54. The number of esters is 1. The van der Waals surface area contributed by atoms with E-state index in [9.17, 15) is 4.79 Å². The first-order valence-corrected chi connectivity index (χ1v) is 10.9. The third-order valence-corrected chi connectivity index (χ3v) is 7.46. The number of carbonyl (C=O) groups excluding carboxylic acids is 1. The Hall–Kier alpha value is -2.79. The highest BCUT2D eigenvalue weighted by atomic mass is 16.7. The van der Waals surface area contributed by atoms with E-state index in [4.69, 9.17) is 18.9 Å². The molecule has 2 heterocycles. The van der Waals surface area contributed by atoms with Crippen molar-refractivity contribution < 1.29 is 23.7 Å². The number of rotatable bonds is 4. The summed E-state index contributed by atoms with van der Waals surface area (Å²) in [6, 6.07) is 15.2. The number of benzene rings is 2. The molecular weight excluding hydrogens is 392 g/mol. The molecule has 162 valence electrons. The Bertz CT molecular complexity index is 1010. The Labute approximate surface area is 183 Å². The second kappa shape index (κ2) is 7.72. The van der Waals surface area contributed by atoms with Gasteiger partial charge in [-0.05, 0) is 48.6 Å². The SMILES string of the molecule is CC1=C[C@@H](C)[C@@]2(COC(=O)c3ccccc3)CO[C@H](c3ccc4c(c3)OCO4)[C@H]1[C@H]2C. The van der Waals surface area contributed by atoms with Crippen LogP contribution >= 0.6 is 0 Å². The van der Waals surface area contributed by atoms with Crippen molar-refractivity contribution in [2.24, 2.45) is 23.2 Å². The van der Waals surface area contributed by atoms with Gasteiger partial charge >= 0.3 is 5.97 Å². The molecule has 2 bridgehead atoms. The van der Waals surface area contributed by atoms with Gasteiger partial charge in [0.05, 0.1) is 18.3 Å². The topological polar surface area (TPSA) is 54.0 Å². The van der Waals surface area contributed by atoms with Gasteiger partial charge in [-0.25, -0.2) is 4.79 Å². The fraction of sp³-hybridized carbons (Fsp3) is 0.423. The van der Waals surface area contributed by atoms with Crippen LogP contribution in [0.4, 0.5) is 0 Å². The smallest absolute Gasteiger partial charge is 0.338 e. The van der Waals surface area contributed by atoms with Crippen molar-refractivity contribution in [1.29, 1.82) is 0 Å². The van der Waals surface area contributed by atoms with E-state index in [1.807, 2.05) is 30.3 Å². The maximum atomic E-state index is 12.6. The molecule has 31 heavy (non-hydrogen) atoms. The van der Waals surface area contributed by atoms with Crippen molar-refractivity contribution in [1.82, 2.24) is 0 Å². The summed E-state index contributed by atoms with van der Waals surface area (Å²) < 4.78 is 23.4. The Balaban J connectivity index is 1.40. The van der Waals surface area contributed by atoms with Crippen LogP contribution in [-0.4, -0.2) is 26.0 Å². The summed E-state index contributed by atoms with van der Waals surface area (Å²) in [5, 5.41) is 0. The number of hydrogen-bond donors (Lipinski definition) is 0. The first kappa shape index (κ1) is 20.1. The summed E-state index contributed by atoms with van der Waals surface area (Å²) in [7, 11) is 0. The van der Waals surface area contributed by atoms with Crippen molar-refractivity contribution in [3.05, 3.63) is 71.3 Å². The Morgan fingerprint density at radius 1 is 1.10 bits per heavy atom. The molecule has 0 saturated carbocycles. The van der Waals surface area contributed by atoms with Crippen LogP contribution in [0.1, 0.15) is 42.8 Å². The first-order chi connectivity index (χ1) is 15.0. The zero-order valence-corrected chi connectivity index (χ0v) is 18.2. The average molecular weight is 421 g/mol. The molecular formula is C26H28O5. The molecule has 2 aliphatic heterocycles. The van der Waals surface area contributed by atoms with E-state index in [0.717, 1.165) is 17.1 Å². The maximum Gasteiger partial charge on any atom is 0.338 e. The van der Waals surface area contributed by atoms with Gasteiger partial charge < -0.3 is 18.9 Å². The predicted molar refractivity (Wildman–Crippen MR) is 116 cm³/mol. The minimum Gasteiger partial charge on any atom is -0.461 e. The molecule has 2 aromatic rings. The molecule has 5 rings (SSSR count). The summed E-state index contributed by atoms with van der Waals surface area (Å²) in [6.45, 7) is 7.81. The quantitative estimate of drug-likeness (QED) is 0.504. The molecule has 3 aliphatic rings. The molecule has 1 aliphatic carbocycles. The second-order valence-corrected chi connectivity index (χ2v) is 9.03. The molecule has 0 N–H and O–H groups in total. The van der Waals surface area contributed by atoms with Gasteiger partial charge in [-0.1, -0.05) is 49.8 Å². The number of fused-ring (bicyclic) bond motifs is 3. The van der Waals surface area contributed by atoms with E-state index in [-0.39, 0.29) is 36.1 Å². The fourth-order valence-corrected chi connectivity index (χ4v) is 5.51. The van der Waals surface area contributed by atoms with Gasteiger partial charge in [0.15, 0.2) is 11.5 Å². The van der Waals surface area contributed by atoms with Crippen molar-refractivity contribution in [2.45, 2.75) is 26.9 Å². The summed E-state index contributed by atoms with van der Waals surface area (Å²) in [5.74, 6) is 2.02. The number of ether oxygens (including phenoxy) is 4. The molecule has 2 aromatic carbocycles. The van der Waals surface area contributed by atoms with E-state index < -0.39 is 0 Å². The monoisotopic (exact) mass is 420 g/mol. The minimum atomic E-state index is -0.282. The summed E-state index contributed by atoms with van der Waals surface area (Å²) in [4.78, 5) is 12.6. The molecule has 0 unspecified atom stereocenters. The molecule has 1 fully saturated rings. The Morgan fingerprint density at radius 3 is 2.68 bits per heavy atom. The van der Waals surface area contributed by atoms with Crippen molar-refractivity contribution in [2.75, 3.05) is 20.0 Å². The Morgan fingerprint density at radius 2 is 1.87 bits per heavy atom. The molecule has 5 atom stereocenters. The summed E-state index contributed by atoms with van der Waals surface area (Å²) >= 11 is 0. The zero-order valence-electron chi connectivity index (χ0n) is 18.2. The first-order valence-electron chi connectivity index (χ1n) is 10.9. The molecule has 0 spiro atoms. The molecule has 0 aromatic heterocycles. The van der Waals surface area contributed by atoms with Crippen LogP contribution in [0.3, 0.4) is 0 Å². The minimum absolute atomic E-state index is 0.0637. The van der Waals surface area contributed by atoms with Crippen LogP contribution in [0, 0.1) is 23.2 Å². The summed E-state index contributed by atoms with van der Waals surface area (Å²) in [5.41, 5.74) is 2.75. The summed E-state index contributed by atoms with van der Waals surface area (Å²) in [6.07, 6.45) is 2.27. The molecule has 0 amide bonds. The van der Waals surface area contributed by atoms with Gasteiger partial charge in [0, 0.05) is 11.3 Å². The number of allylic oxidation sites excluding steroid dienone is 1. The van der Waals surface area contributed by atoms with E-state index >= 15 is 0 Å². The largest absolute Gasteiger partial charge is 0.461 e. The lowest BCUT2D eigenvalue weighted by Crippen LogP contribution is -2.54. The van der Waals surface area contributed by atoms with E-state index in [1.54, 1.807) is 12.1 Å². The van der Waals surface area contributed by atoms with Crippen molar-refractivity contribution >= 4 is 5.97 Å². The molecule has 5 heteroatoms.